The van der Waals surface area contributed by atoms with Crippen molar-refractivity contribution in [3.8, 4) is 0 Å². The number of anilines is 2. The summed E-state index contributed by atoms with van der Waals surface area (Å²) in [7, 11) is 1.88. The quantitative estimate of drug-likeness (QED) is 0.930. The zero-order valence-electron chi connectivity index (χ0n) is 11.0. The van der Waals surface area contributed by atoms with Crippen LogP contribution in [0, 0.1) is 0 Å². The summed E-state index contributed by atoms with van der Waals surface area (Å²) in [6.45, 7) is 3.30. The number of carbonyl (C=O) groups is 1. The Bertz CT molecular complexity index is 581. The first-order chi connectivity index (χ1) is 8.93. The molecule has 0 aliphatic heterocycles. The summed E-state index contributed by atoms with van der Waals surface area (Å²) >= 11 is 1.42. The first kappa shape index (κ1) is 13.5. The number of aromatic nitrogens is 2. The average molecular weight is 277 g/mol. The molecule has 100 valence electrons. The second-order valence-electron chi connectivity index (χ2n) is 4.72. The van der Waals surface area contributed by atoms with Gasteiger partial charge < -0.3 is 10.0 Å². The van der Waals surface area contributed by atoms with Gasteiger partial charge in [-0.1, -0.05) is 0 Å². The lowest BCUT2D eigenvalue weighted by atomic mass is 9.90. The highest BCUT2D eigenvalue weighted by molar-refractivity contribution is 7.13. The average Bonchev–Trinajstić information content (AvgIpc) is 2.89. The zero-order chi connectivity index (χ0) is 14.0. The van der Waals surface area contributed by atoms with Gasteiger partial charge in [0, 0.05) is 18.6 Å². The first-order valence-corrected chi connectivity index (χ1v) is 6.64. The van der Waals surface area contributed by atoms with Crippen LogP contribution in [0.3, 0.4) is 0 Å². The summed E-state index contributed by atoms with van der Waals surface area (Å²) in [4.78, 5) is 21.6. The fourth-order valence-corrected chi connectivity index (χ4v) is 2.46. The summed E-state index contributed by atoms with van der Waals surface area (Å²) in [6.07, 6.45) is 3.45. The number of nitrogens with zero attached hydrogens (tertiary/aromatic N) is 3. The molecule has 5 nitrogen and oxygen atoms in total. The predicted octanol–water partition coefficient (Wildman–Crippen LogP) is 2.67. The van der Waals surface area contributed by atoms with Gasteiger partial charge in [0.1, 0.15) is 5.41 Å². The zero-order valence-corrected chi connectivity index (χ0v) is 11.8. The molecule has 0 saturated heterocycles. The number of pyridine rings is 1. The molecule has 0 aromatic carbocycles. The van der Waals surface area contributed by atoms with Crippen LogP contribution < -0.4 is 4.90 Å². The molecule has 0 fully saturated rings. The van der Waals surface area contributed by atoms with E-state index in [1.54, 1.807) is 31.6 Å². The number of carboxylic acids is 1. The standard InChI is InChI=1S/C13H15N3O2S/c1-13(2,11(17)18)10-8-19-12(15-10)16(3)9-5-4-6-14-7-9/h4-8H,1-3H3,(H,17,18). The minimum absolute atomic E-state index is 0.566. The molecule has 0 aliphatic carbocycles. The van der Waals surface area contributed by atoms with Gasteiger partial charge in [-0.15, -0.1) is 11.3 Å². The molecule has 6 heteroatoms. The second-order valence-corrected chi connectivity index (χ2v) is 5.55. The van der Waals surface area contributed by atoms with E-state index in [9.17, 15) is 9.90 Å². The van der Waals surface area contributed by atoms with Gasteiger partial charge in [-0.25, -0.2) is 4.98 Å². The molecule has 0 amide bonds. The molecule has 0 radical (unpaired) electrons. The highest BCUT2D eigenvalue weighted by Gasteiger charge is 2.32. The Morgan fingerprint density at radius 3 is 2.79 bits per heavy atom. The van der Waals surface area contributed by atoms with E-state index < -0.39 is 11.4 Å². The van der Waals surface area contributed by atoms with Gasteiger partial charge in [0.05, 0.1) is 17.6 Å². The van der Waals surface area contributed by atoms with Gasteiger partial charge in [-0.3, -0.25) is 9.78 Å². The summed E-state index contributed by atoms with van der Waals surface area (Å²) in [5, 5.41) is 11.7. The number of carboxylic acid groups (broad SMARTS) is 1. The predicted molar refractivity (Wildman–Crippen MR) is 75.1 cm³/mol. The van der Waals surface area contributed by atoms with Crippen molar-refractivity contribution in [1.82, 2.24) is 9.97 Å². The molecule has 19 heavy (non-hydrogen) atoms. The molecule has 0 atom stereocenters. The van der Waals surface area contributed by atoms with Crippen LogP contribution in [0.4, 0.5) is 10.8 Å². The molecule has 2 heterocycles. The van der Waals surface area contributed by atoms with E-state index in [4.69, 9.17) is 0 Å². The molecule has 0 aliphatic rings. The van der Waals surface area contributed by atoms with E-state index in [1.165, 1.54) is 11.3 Å². The number of thiazole rings is 1. The number of rotatable bonds is 4. The smallest absolute Gasteiger partial charge is 0.315 e. The van der Waals surface area contributed by atoms with Crippen molar-refractivity contribution in [1.29, 1.82) is 0 Å². The van der Waals surface area contributed by atoms with Crippen LogP contribution in [-0.2, 0) is 10.2 Å². The molecule has 0 saturated carbocycles. The monoisotopic (exact) mass is 277 g/mol. The van der Waals surface area contributed by atoms with Crippen molar-refractivity contribution in [2.75, 3.05) is 11.9 Å². The van der Waals surface area contributed by atoms with Crippen molar-refractivity contribution < 1.29 is 9.90 Å². The van der Waals surface area contributed by atoms with Gasteiger partial charge in [0.25, 0.3) is 0 Å². The normalized spacial score (nSPS) is 11.3. The second kappa shape index (κ2) is 4.97. The van der Waals surface area contributed by atoms with Crippen LogP contribution in [0.15, 0.2) is 29.9 Å². The maximum atomic E-state index is 11.2. The number of aliphatic carboxylic acids is 1. The van der Waals surface area contributed by atoms with Crippen molar-refractivity contribution in [2.45, 2.75) is 19.3 Å². The molecule has 2 rings (SSSR count). The van der Waals surface area contributed by atoms with Gasteiger partial charge in [0.15, 0.2) is 5.13 Å². The minimum atomic E-state index is -0.982. The molecule has 1 N–H and O–H groups in total. The number of hydrogen-bond donors (Lipinski definition) is 1. The molecule has 2 aromatic heterocycles. The van der Waals surface area contributed by atoms with Crippen LogP contribution in [0.2, 0.25) is 0 Å². The van der Waals surface area contributed by atoms with Gasteiger partial charge in [0.2, 0.25) is 0 Å². The Labute approximate surface area is 115 Å². The molecular formula is C13H15N3O2S. The summed E-state index contributed by atoms with van der Waals surface area (Å²) in [6, 6.07) is 3.78. The van der Waals surface area contributed by atoms with E-state index in [0.717, 1.165) is 10.8 Å². The minimum Gasteiger partial charge on any atom is -0.481 e. The fraction of sp³-hybridized carbons (Fsp3) is 0.308. The van der Waals surface area contributed by atoms with Crippen LogP contribution in [0.25, 0.3) is 0 Å². The maximum Gasteiger partial charge on any atom is 0.315 e. The Morgan fingerprint density at radius 1 is 1.47 bits per heavy atom. The van der Waals surface area contributed by atoms with Crippen molar-refractivity contribution in [3.05, 3.63) is 35.6 Å². The van der Waals surface area contributed by atoms with E-state index in [0.29, 0.717) is 5.69 Å². The molecule has 0 spiro atoms. The lowest BCUT2D eigenvalue weighted by Gasteiger charge is -2.17. The first-order valence-electron chi connectivity index (χ1n) is 5.76. The van der Waals surface area contributed by atoms with Crippen molar-refractivity contribution >= 4 is 28.1 Å². The Kier molecular flexibility index (Phi) is 3.53. The third kappa shape index (κ3) is 2.58. The van der Waals surface area contributed by atoms with Crippen LogP contribution in [0.1, 0.15) is 19.5 Å². The van der Waals surface area contributed by atoms with Crippen molar-refractivity contribution in [2.24, 2.45) is 0 Å². The largest absolute Gasteiger partial charge is 0.481 e. The van der Waals surface area contributed by atoms with Crippen LogP contribution >= 0.6 is 11.3 Å². The van der Waals surface area contributed by atoms with Crippen LogP contribution in [-0.4, -0.2) is 28.1 Å². The lowest BCUT2D eigenvalue weighted by molar-refractivity contribution is -0.142. The van der Waals surface area contributed by atoms with Crippen molar-refractivity contribution in [3.63, 3.8) is 0 Å². The summed E-state index contributed by atoms with van der Waals surface area (Å²) in [5.41, 5.74) is 0.497. The third-order valence-corrected chi connectivity index (χ3v) is 3.90. The van der Waals surface area contributed by atoms with E-state index >= 15 is 0 Å². The Balaban J connectivity index is 2.30. The van der Waals surface area contributed by atoms with Gasteiger partial charge in [-0.05, 0) is 26.0 Å². The summed E-state index contributed by atoms with van der Waals surface area (Å²) in [5.74, 6) is -0.881. The highest BCUT2D eigenvalue weighted by atomic mass is 32.1. The maximum absolute atomic E-state index is 11.2. The van der Waals surface area contributed by atoms with E-state index in [2.05, 4.69) is 9.97 Å². The number of hydrogen-bond acceptors (Lipinski definition) is 5. The molecule has 0 bridgehead atoms. The van der Waals surface area contributed by atoms with Gasteiger partial charge >= 0.3 is 5.97 Å². The summed E-state index contributed by atoms with van der Waals surface area (Å²) < 4.78 is 0. The van der Waals surface area contributed by atoms with E-state index in [-0.39, 0.29) is 0 Å². The third-order valence-electron chi connectivity index (χ3n) is 2.99. The Morgan fingerprint density at radius 2 is 2.21 bits per heavy atom. The lowest BCUT2D eigenvalue weighted by Crippen LogP contribution is -2.29. The molecule has 2 aromatic rings. The molecular weight excluding hydrogens is 262 g/mol. The SMILES string of the molecule is CN(c1cccnc1)c1nc(C(C)(C)C(=O)O)cs1. The topological polar surface area (TPSA) is 66.3 Å². The van der Waals surface area contributed by atoms with Crippen LogP contribution in [0.5, 0.6) is 0 Å². The fourth-order valence-electron chi connectivity index (χ4n) is 1.48. The Hall–Kier alpha value is -1.95. The molecule has 0 unspecified atom stereocenters. The van der Waals surface area contributed by atoms with E-state index in [1.807, 2.05) is 24.1 Å². The van der Waals surface area contributed by atoms with Gasteiger partial charge in [-0.2, -0.15) is 0 Å². The highest BCUT2D eigenvalue weighted by Crippen LogP contribution is 2.31.